The fourth-order valence-corrected chi connectivity index (χ4v) is 2.15. The summed E-state index contributed by atoms with van der Waals surface area (Å²) in [7, 11) is 0. The Morgan fingerprint density at radius 3 is 2.42 bits per heavy atom. The first-order valence-corrected chi connectivity index (χ1v) is 7.00. The number of carbonyl (C=O) groups excluding carboxylic acids is 1. The summed E-state index contributed by atoms with van der Waals surface area (Å²) >= 11 is 0. The molecule has 0 aliphatic carbocycles. The van der Waals surface area contributed by atoms with Crippen molar-refractivity contribution in [3.8, 4) is 0 Å². The van der Waals surface area contributed by atoms with Crippen LogP contribution in [0.4, 0.5) is 17.6 Å². The van der Waals surface area contributed by atoms with Crippen LogP contribution >= 0.6 is 0 Å². The van der Waals surface area contributed by atoms with Crippen LogP contribution < -0.4 is 10.9 Å². The molecule has 0 bridgehead atoms. The van der Waals surface area contributed by atoms with Crippen LogP contribution in [0.25, 0.3) is 0 Å². The van der Waals surface area contributed by atoms with Crippen LogP contribution in [0, 0.1) is 5.82 Å². The largest absolute Gasteiger partial charge is 0.421 e. The summed E-state index contributed by atoms with van der Waals surface area (Å²) in [6.07, 6.45) is -3.67. The number of rotatable bonds is 4. The predicted octanol–water partition coefficient (Wildman–Crippen LogP) is 2.88. The van der Waals surface area contributed by atoms with Crippen molar-refractivity contribution in [1.29, 1.82) is 0 Å². The molecular weight excluding hydrogens is 328 g/mol. The maximum absolute atomic E-state index is 12.9. The van der Waals surface area contributed by atoms with Crippen LogP contribution in [0.1, 0.15) is 24.1 Å². The van der Waals surface area contributed by atoms with Gasteiger partial charge >= 0.3 is 6.18 Å². The molecule has 1 heterocycles. The third kappa shape index (κ3) is 4.21. The molecule has 128 valence electrons. The molecule has 2 aromatic rings. The molecular formula is C16H14F4N2O2. The number of alkyl halides is 3. The molecule has 8 heteroatoms. The van der Waals surface area contributed by atoms with E-state index in [4.69, 9.17) is 0 Å². The monoisotopic (exact) mass is 342 g/mol. The van der Waals surface area contributed by atoms with Crippen molar-refractivity contribution in [3.05, 3.63) is 69.9 Å². The Hall–Kier alpha value is -2.64. The Labute approximate surface area is 134 Å². The highest BCUT2D eigenvalue weighted by Gasteiger charge is 2.34. The average Bonchev–Trinajstić information content (AvgIpc) is 2.48. The summed E-state index contributed by atoms with van der Waals surface area (Å²) in [5.41, 5.74) is -1.99. The second-order valence-electron chi connectivity index (χ2n) is 5.19. The smallest absolute Gasteiger partial charge is 0.348 e. The van der Waals surface area contributed by atoms with Crippen LogP contribution in [0.15, 0.2) is 47.4 Å². The third-order valence-corrected chi connectivity index (χ3v) is 3.39. The van der Waals surface area contributed by atoms with Crippen molar-refractivity contribution >= 4 is 5.91 Å². The molecule has 0 saturated carbocycles. The second kappa shape index (κ2) is 6.86. The van der Waals surface area contributed by atoms with Gasteiger partial charge in [0.05, 0.1) is 6.04 Å². The zero-order chi connectivity index (χ0) is 17.9. The van der Waals surface area contributed by atoms with E-state index in [1.165, 1.54) is 24.3 Å². The third-order valence-electron chi connectivity index (χ3n) is 3.39. The van der Waals surface area contributed by atoms with Gasteiger partial charge in [0.2, 0.25) is 5.91 Å². The topological polar surface area (TPSA) is 51.1 Å². The maximum atomic E-state index is 12.9. The lowest BCUT2D eigenvalue weighted by Crippen LogP contribution is -2.35. The minimum atomic E-state index is -4.78. The summed E-state index contributed by atoms with van der Waals surface area (Å²) < 4.78 is 51.6. The van der Waals surface area contributed by atoms with Crippen molar-refractivity contribution in [2.75, 3.05) is 0 Å². The molecule has 1 atom stereocenters. The number of hydrogen-bond acceptors (Lipinski definition) is 2. The summed E-state index contributed by atoms with van der Waals surface area (Å²) in [5.74, 6) is -1.05. The molecule has 0 radical (unpaired) electrons. The van der Waals surface area contributed by atoms with Crippen LogP contribution in [-0.2, 0) is 17.5 Å². The van der Waals surface area contributed by atoms with E-state index in [1.807, 2.05) is 0 Å². The van der Waals surface area contributed by atoms with Gasteiger partial charge < -0.3 is 9.88 Å². The first-order chi connectivity index (χ1) is 11.2. The number of aromatic nitrogens is 1. The van der Waals surface area contributed by atoms with Crippen LogP contribution in [0.3, 0.4) is 0 Å². The lowest BCUT2D eigenvalue weighted by molar-refractivity contribution is -0.139. The first kappa shape index (κ1) is 17.7. The highest BCUT2D eigenvalue weighted by atomic mass is 19.4. The Balaban J connectivity index is 2.10. The Morgan fingerprint density at radius 2 is 1.83 bits per heavy atom. The number of nitrogens with one attached hydrogen (secondary N) is 1. The van der Waals surface area contributed by atoms with E-state index >= 15 is 0 Å². The minimum Gasteiger partial charge on any atom is -0.348 e. The van der Waals surface area contributed by atoms with Crippen molar-refractivity contribution in [1.82, 2.24) is 9.88 Å². The summed E-state index contributed by atoms with van der Waals surface area (Å²) in [6, 6.07) is 6.66. The SMILES string of the molecule is C[C@@H](NC(=O)Cn1cccc(C(F)(F)F)c1=O)c1ccc(F)cc1. The van der Waals surface area contributed by atoms with Crippen molar-refractivity contribution in [3.63, 3.8) is 0 Å². The van der Waals surface area contributed by atoms with E-state index in [-0.39, 0.29) is 0 Å². The zero-order valence-electron chi connectivity index (χ0n) is 12.6. The lowest BCUT2D eigenvalue weighted by Gasteiger charge is -2.15. The molecule has 2 rings (SSSR count). The normalized spacial score (nSPS) is 12.7. The first-order valence-electron chi connectivity index (χ1n) is 7.00. The van der Waals surface area contributed by atoms with Gasteiger partial charge in [-0.2, -0.15) is 13.2 Å². The van der Waals surface area contributed by atoms with Crippen LogP contribution in [0.2, 0.25) is 0 Å². The van der Waals surface area contributed by atoms with Gasteiger partial charge in [-0.3, -0.25) is 9.59 Å². The number of nitrogens with zero attached hydrogens (tertiary/aromatic N) is 1. The number of hydrogen-bond donors (Lipinski definition) is 1. The zero-order valence-corrected chi connectivity index (χ0v) is 12.6. The van der Waals surface area contributed by atoms with Gasteiger partial charge in [-0.25, -0.2) is 4.39 Å². The second-order valence-corrected chi connectivity index (χ2v) is 5.19. The molecule has 0 fully saturated rings. The Kier molecular flexibility index (Phi) is 5.06. The average molecular weight is 342 g/mol. The molecule has 1 N–H and O–H groups in total. The fraction of sp³-hybridized carbons (Fsp3) is 0.250. The molecule has 1 aromatic carbocycles. The summed E-state index contributed by atoms with van der Waals surface area (Å²) in [6.45, 7) is 1.09. The summed E-state index contributed by atoms with van der Waals surface area (Å²) in [5, 5.41) is 2.55. The molecule has 0 aliphatic heterocycles. The molecule has 0 unspecified atom stereocenters. The van der Waals surface area contributed by atoms with Gasteiger partial charge in [-0.15, -0.1) is 0 Å². The molecule has 0 aliphatic rings. The van der Waals surface area contributed by atoms with E-state index in [9.17, 15) is 27.2 Å². The number of carbonyl (C=O) groups is 1. The van der Waals surface area contributed by atoms with E-state index in [2.05, 4.69) is 5.32 Å². The molecule has 24 heavy (non-hydrogen) atoms. The van der Waals surface area contributed by atoms with Gasteiger partial charge in [-0.05, 0) is 36.8 Å². The Morgan fingerprint density at radius 1 is 1.21 bits per heavy atom. The molecule has 0 saturated heterocycles. The maximum Gasteiger partial charge on any atom is 0.421 e. The van der Waals surface area contributed by atoms with Crippen molar-refractivity contribution < 1.29 is 22.4 Å². The van der Waals surface area contributed by atoms with Crippen molar-refractivity contribution in [2.24, 2.45) is 0 Å². The van der Waals surface area contributed by atoms with Gasteiger partial charge in [0.25, 0.3) is 5.56 Å². The standard InChI is InChI=1S/C16H14F4N2O2/c1-10(11-4-6-12(17)7-5-11)21-14(23)9-22-8-2-3-13(15(22)24)16(18,19)20/h2-8,10H,9H2,1H3,(H,21,23)/t10-/m1/s1. The van der Waals surface area contributed by atoms with Gasteiger partial charge in [0.1, 0.15) is 17.9 Å². The van der Waals surface area contributed by atoms with Gasteiger partial charge in [0.15, 0.2) is 0 Å². The van der Waals surface area contributed by atoms with Gasteiger partial charge in [-0.1, -0.05) is 12.1 Å². The molecule has 0 spiro atoms. The number of benzene rings is 1. The van der Waals surface area contributed by atoms with Crippen LogP contribution in [0.5, 0.6) is 0 Å². The lowest BCUT2D eigenvalue weighted by atomic mass is 10.1. The van der Waals surface area contributed by atoms with E-state index in [0.717, 1.165) is 12.3 Å². The van der Waals surface area contributed by atoms with Crippen LogP contribution in [-0.4, -0.2) is 10.5 Å². The molecule has 1 amide bonds. The number of halogens is 4. The Bertz CT molecular complexity index is 782. The predicted molar refractivity (Wildman–Crippen MR) is 78.7 cm³/mol. The minimum absolute atomic E-state index is 0.423. The molecule has 1 aromatic heterocycles. The van der Waals surface area contributed by atoms with E-state index in [0.29, 0.717) is 16.2 Å². The number of amides is 1. The highest BCUT2D eigenvalue weighted by Crippen LogP contribution is 2.25. The van der Waals surface area contributed by atoms with Gasteiger partial charge in [0, 0.05) is 6.20 Å². The summed E-state index contributed by atoms with van der Waals surface area (Å²) in [4.78, 5) is 23.7. The number of pyridine rings is 1. The quantitative estimate of drug-likeness (QED) is 0.869. The van der Waals surface area contributed by atoms with Crippen molar-refractivity contribution in [2.45, 2.75) is 25.7 Å². The highest BCUT2D eigenvalue weighted by molar-refractivity contribution is 5.76. The molecule has 4 nitrogen and oxygen atoms in total. The fourth-order valence-electron chi connectivity index (χ4n) is 2.15. The van der Waals surface area contributed by atoms with E-state index < -0.39 is 41.6 Å². The van der Waals surface area contributed by atoms with E-state index in [1.54, 1.807) is 6.92 Å².